The summed E-state index contributed by atoms with van der Waals surface area (Å²) in [6, 6.07) is 0. The Kier molecular flexibility index (Phi) is 4.64. The molecule has 1 aliphatic carbocycles. The predicted molar refractivity (Wildman–Crippen MR) is 74.3 cm³/mol. The van der Waals surface area contributed by atoms with Gasteiger partial charge in [0.2, 0.25) is 0 Å². The van der Waals surface area contributed by atoms with E-state index in [1.165, 1.54) is 32.1 Å². The van der Waals surface area contributed by atoms with Crippen molar-refractivity contribution < 1.29 is 4.43 Å². The van der Waals surface area contributed by atoms with Gasteiger partial charge in [0.05, 0.1) is 0 Å². The fourth-order valence-corrected chi connectivity index (χ4v) is 3.82. The van der Waals surface area contributed by atoms with E-state index < -0.39 is 8.32 Å². The molecule has 0 aromatic carbocycles. The summed E-state index contributed by atoms with van der Waals surface area (Å²) in [6.45, 7) is 14.0. The highest BCUT2D eigenvalue weighted by Gasteiger charge is 2.39. The maximum Gasteiger partial charge on any atom is 0.192 e. The zero-order valence-corrected chi connectivity index (χ0v) is 13.1. The molecule has 0 amide bonds. The molecule has 1 unspecified atom stereocenters. The maximum absolute atomic E-state index is 6.48. The van der Waals surface area contributed by atoms with E-state index in [2.05, 4.69) is 40.8 Å². The highest BCUT2D eigenvalue weighted by Crippen LogP contribution is 2.39. The van der Waals surface area contributed by atoms with E-state index in [4.69, 9.17) is 4.43 Å². The Balaban J connectivity index is 2.52. The first-order chi connectivity index (χ1) is 7.24. The number of hydrogen-bond acceptors (Lipinski definition) is 1. The molecule has 1 aliphatic rings. The van der Waals surface area contributed by atoms with Crippen molar-refractivity contribution in [2.45, 2.75) is 84.0 Å². The quantitative estimate of drug-likeness (QED) is 0.634. The van der Waals surface area contributed by atoms with Gasteiger partial charge < -0.3 is 4.43 Å². The molecule has 0 aromatic heterocycles. The van der Waals surface area contributed by atoms with Gasteiger partial charge in [-0.2, -0.15) is 0 Å². The standard InChI is InChI=1S/C14H30OSi/c1-12(13-10-8-7-9-11-13)15-16(5,6)14(2,3)4/h12-13H,7-11H2,1-6H3. The Hall–Kier alpha value is 0.177. The van der Waals surface area contributed by atoms with Gasteiger partial charge in [-0.05, 0) is 43.8 Å². The van der Waals surface area contributed by atoms with Crippen molar-refractivity contribution in [1.29, 1.82) is 0 Å². The molecule has 0 saturated heterocycles. The van der Waals surface area contributed by atoms with Crippen molar-refractivity contribution in [3.8, 4) is 0 Å². The van der Waals surface area contributed by atoms with Crippen LogP contribution in [-0.4, -0.2) is 14.4 Å². The summed E-state index contributed by atoms with van der Waals surface area (Å²) < 4.78 is 6.48. The Labute approximate surface area is 103 Å². The molecule has 1 rings (SSSR count). The van der Waals surface area contributed by atoms with Crippen molar-refractivity contribution in [2.75, 3.05) is 0 Å². The maximum atomic E-state index is 6.48. The van der Waals surface area contributed by atoms with Gasteiger partial charge in [0.25, 0.3) is 0 Å². The van der Waals surface area contributed by atoms with Gasteiger partial charge in [-0.3, -0.25) is 0 Å². The lowest BCUT2D eigenvalue weighted by Gasteiger charge is -2.41. The molecule has 0 radical (unpaired) electrons. The van der Waals surface area contributed by atoms with E-state index in [1.807, 2.05) is 0 Å². The molecular weight excluding hydrogens is 212 g/mol. The molecule has 1 atom stereocenters. The van der Waals surface area contributed by atoms with E-state index >= 15 is 0 Å². The average molecular weight is 242 g/mol. The normalized spacial score (nSPS) is 22.1. The zero-order chi connectivity index (χ0) is 12.4. The van der Waals surface area contributed by atoms with E-state index in [1.54, 1.807) is 0 Å². The molecule has 0 heterocycles. The van der Waals surface area contributed by atoms with Crippen LogP contribution in [0, 0.1) is 5.92 Å². The summed E-state index contributed by atoms with van der Waals surface area (Å²) in [6.07, 6.45) is 7.50. The molecule has 1 saturated carbocycles. The van der Waals surface area contributed by atoms with Crippen LogP contribution < -0.4 is 0 Å². The minimum atomic E-state index is -1.55. The Morgan fingerprint density at radius 1 is 1.06 bits per heavy atom. The molecule has 0 aromatic rings. The van der Waals surface area contributed by atoms with Crippen LogP contribution in [0.2, 0.25) is 18.1 Å². The molecule has 1 fully saturated rings. The molecule has 0 aliphatic heterocycles. The van der Waals surface area contributed by atoms with Crippen molar-refractivity contribution >= 4 is 8.32 Å². The van der Waals surface area contributed by atoms with Crippen molar-refractivity contribution in [3.63, 3.8) is 0 Å². The van der Waals surface area contributed by atoms with E-state index in [9.17, 15) is 0 Å². The number of rotatable bonds is 3. The monoisotopic (exact) mass is 242 g/mol. The fourth-order valence-electron chi connectivity index (χ4n) is 2.34. The third-order valence-electron chi connectivity index (χ3n) is 4.60. The van der Waals surface area contributed by atoms with Gasteiger partial charge in [0, 0.05) is 6.10 Å². The van der Waals surface area contributed by atoms with Gasteiger partial charge in [0.15, 0.2) is 8.32 Å². The first-order valence-corrected chi connectivity index (χ1v) is 9.83. The lowest BCUT2D eigenvalue weighted by molar-refractivity contribution is 0.109. The van der Waals surface area contributed by atoms with E-state index in [-0.39, 0.29) is 0 Å². The lowest BCUT2D eigenvalue weighted by atomic mass is 9.86. The summed E-state index contributed by atoms with van der Waals surface area (Å²) in [5.74, 6) is 0.822. The highest BCUT2D eigenvalue weighted by molar-refractivity contribution is 6.74. The van der Waals surface area contributed by atoms with Crippen LogP contribution in [-0.2, 0) is 4.43 Å². The summed E-state index contributed by atoms with van der Waals surface area (Å²) in [5.41, 5.74) is 0. The number of hydrogen-bond donors (Lipinski definition) is 0. The fraction of sp³-hybridized carbons (Fsp3) is 1.00. The summed E-state index contributed by atoms with van der Waals surface area (Å²) in [4.78, 5) is 0. The molecule has 16 heavy (non-hydrogen) atoms. The second kappa shape index (κ2) is 5.22. The Morgan fingerprint density at radius 2 is 1.56 bits per heavy atom. The molecule has 0 N–H and O–H groups in total. The van der Waals surface area contributed by atoms with Gasteiger partial charge >= 0.3 is 0 Å². The van der Waals surface area contributed by atoms with Gasteiger partial charge in [-0.1, -0.05) is 40.0 Å². The smallest absolute Gasteiger partial charge is 0.192 e. The average Bonchev–Trinajstić information content (AvgIpc) is 2.16. The van der Waals surface area contributed by atoms with Crippen molar-refractivity contribution in [3.05, 3.63) is 0 Å². The second-order valence-corrected chi connectivity index (χ2v) is 11.7. The van der Waals surface area contributed by atoms with Crippen LogP contribution in [0.3, 0.4) is 0 Å². The van der Waals surface area contributed by atoms with Gasteiger partial charge in [-0.25, -0.2) is 0 Å². The van der Waals surface area contributed by atoms with Crippen LogP contribution in [0.25, 0.3) is 0 Å². The van der Waals surface area contributed by atoms with Crippen LogP contribution in [0.15, 0.2) is 0 Å². The van der Waals surface area contributed by atoms with Gasteiger partial charge in [0.1, 0.15) is 0 Å². The van der Waals surface area contributed by atoms with Crippen LogP contribution in [0.1, 0.15) is 59.8 Å². The largest absolute Gasteiger partial charge is 0.414 e. The van der Waals surface area contributed by atoms with E-state index in [0.29, 0.717) is 11.1 Å². The topological polar surface area (TPSA) is 9.23 Å². The molecule has 0 spiro atoms. The molecule has 96 valence electrons. The van der Waals surface area contributed by atoms with Crippen molar-refractivity contribution in [1.82, 2.24) is 0 Å². The van der Waals surface area contributed by atoms with Crippen molar-refractivity contribution in [2.24, 2.45) is 5.92 Å². The molecule has 1 nitrogen and oxygen atoms in total. The second-order valence-electron chi connectivity index (χ2n) is 6.98. The third-order valence-corrected chi connectivity index (χ3v) is 9.17. The first-order valence-electron chi connectivity index (χ1n) is 6.92. The highest BCUT2D eigenvalue weighted by atomic mass is 28.4. The Bertz CT molecular complexity index is 211. The summed E-state index contributed by atoms with van der Waals surface area (Å²) in [7, 11) is -1.55. The molecule has 2 heteroatoms. The summed E-state index contributed by atoms with van der Waals surface area (Å²) in [5, 5.41) is 0.343. The minimum absolute atomic E-state index is 0.343. The molecular formula is C14H30OSi. The predicted octanol–water partition coefficient (Wildman–Crippen LogP) is 4.98. The molecule has 0 bridgehead atoms. The van der Waals surface area contributed by atoms with E-state index in [0.717, 1.165) is 5.92 Å². The Morgan fingerprint density at radius 3 is 2.00 bits per heavy atom. The SMILES string of the molecule is CC(O[Si](C)(C)C(C)(C)C)C1CCCCC1. The summed E-state index contributed by atoms with van der Waals surface area (Å²) >= 11 is 0. The first kappa shape index (κ1) is 14.2. The van der Waals surface area contributed by atoms with Gasteiger partial charge in [-0.15, -0.1) is 0 Å². The lowest BCUT2D eigenvalue weighted by Crippen LogP contribution is -2.45. The van der Waals surface area contributed by atoms with Crippen LogP contribution >= 0.6 is 0 Å². The third kappa shape index (κ3) is 3.59. The van der Waals surface area contributed by atoms with Crippen LogP contribution in [0.4, 0.5) is 0 Å². The van der Waals surface area contributed by atoms with Crippen LogP contribution in [0.5, 0.6) is 0 Å². The zero-order valence-electron chi connectivity index (χ0n) is 12.1. The minimum Gasteiger partial charge on any atom is -0.414 e.